The zero-order valence-electron chi connectivity index (χ0n) is 19.5. The lowest BCUT2D eigenvalue weighted by atomic mass is 10.0. The molecule has 0 bridgehead atoms. The lowest BCUT2D eigenvalue weighted by Crippen LogP contribution is -2.27. The van der Waals surface area contributed by atoms with E-state index in [1.807, 2.05) is 30.3 Å². The van der Waals surface area contributed by atoms with Crippen LogP contribution in [0.3, 0.4) is 0 Å². The summed E-state index contributed by atoms with van der Waals surface area (Å²) < 4.78 is 28.2. The zero-order chi connectivity index (χ0) is 24.1. The van der Waals surface area contributed by atoms with Gasteiger partial charge in [-0.2, -0.15) is 0 Å². The van der Waals surface area contributed by atoms with Gasteiger partial charge in [0.1, 0.15) is 11.6 Å². The third-order valence-electron chi connectivity index (χ3n) is 6.17. The number of rotatable bonds is 8. The Bertz CT molecular complexity index is 1160. The number of amides is 1. The van der Waals surface area contributed by atoms with Gasteiger partial charge in [0.25, 0.3) is 0 Å². The zero-order valence-corrected chi connectivity index (χ0v) is 19.5. The number of nitrogens with zero attached hydrogens (tertiary/aromatic N) is 4. The first-order valence-corrected chi connectivity index (χ1v) is 11.7. The van der Waals surface area contributed by atoms with Crippen LogP contribution >= 0.6 is 0 Å². The smallest absolute Gasteiger partial charge is 0.227 e. The van der Waals surface area contributed by atoms with Gasteiger partial charge in [-0.3, -0.25) is 14.7 Å². The van der Waals surface area contributed by atoms with Crippen molar-refractivity contribution in [2.75, 3.05) is 11.9 Å². The highest BCUT2D eigenvalue weighted by Crippen LogP contribution is 2.33. The van der Waals surface area contributed by atoms with E-state index in [1.165, 1.54) is 18.2 Å². The van der Waals surface area contributed by atoms with E-state index < -0.39 is 11.6 Å². The fourth-order valence-corrected chi connectivity index (χ4v) is 4.15. The van der Waals surface area contributed by atoms with Crippen molar-refractivity contribution in [2.24, 2.45) is 4.99 Å². The summed E-state index contributed by atoms with van der Waals surface area (Å²) in [6, 6.07) is 15.2. The Balaban J connectivity index is 1.44. The van der Waals surface area contributed by atoms with Crippen LogP contribution in [-0.2, 0) is 4.79 Å². The number of hydrogen-bond donors (Lipinski definition) is 0. The Labute approximate surface area is 198 Å². The SMILES string of the molecule is CCCCCC(=O)N(C)c1ccc(-c2ccc(C3CCC(c4c(F)cccc4F)=N3)cc2)nn1. The van der Waals surface area contributed by atoms with Crippen molar-refractivity contribution >= 4 is 17.4 Å². The normalized spacial score (nSPS) is 15.3. The monoisotopic (exact) mass is 462 g/mol. The maximum atomic E-state index is 14.1. The summed E-state index contributed by atoms with van der Waals surface area (Å²) in [6.45, 7) is 2.11. The predicted molar refractivity (Wildman–Crippen MR) is 130 cm³/mol. The van der Waals surface area contributed by atoms with Crippen molar-refractivity contribution in [3.8, 4) is 11.3 Å². The Kier molecular flexibility index (Phi) is 7.40. The minimum absolute atomic E-state index is 0.0224. The molecule has 2 aromatic carbocycles. The molecule has 0 aliphatic carbocycles. The maximum absolute atomic E-state index is 14.1. The molecule has 1 aromatic heterocycles. The predicted octanol–water partition coefficient (Wildman–Crippen LogP) is 6.29. The molecule has 0 saturated carbocycles. The standard InChI is InChI=1S/C27H28F2N4O/c1-3-4-5-9-26(34)33(2)25-17-16-23(31-32-25)19-12-10-18(11-13-19)22-14-15-24(30-22)27-20(28)7-6-8-21(27)29/h6-8,10-13,16-17,22H,3-5,9,14-15H2,1-2H3. The van der Waals surface area contributed by atoms with Gasteiger partial charge in [-0.15, -0.1) is 10.2 Å². The lowest BCUT2D eigenvalue weighted by Gasteiger charge is -2.15. The number of anilines is 1. The summed E-state index contributed by atoms with van der Waals surface area (Å²) >= 11 is 0. The van der Waals surface area contributed by atoms with Gasteiger partial charge in [-0.05, 0) is 49.1 Å². The molecule has 0 spiro atoms. The second-order valence-electron chi connectivity index (χ2n) is 8.54. The number of halogens is 2. The van der Waals surface area contributed by atoms with E-state index in [-0.39, 0.29) is 17.5 Å². The molecule has 4 rings (SSSR count). The molecule has 1 aliphatic heterocycles. The van der Waals surface area contributed by atoms with Crippen molar-refractivity contribution in [3.05, 3.63) is 77.4 Å². The van der Waals surface area contributed by atoms with Gasteiger partial charge in [0.15, 0.2) is 5.82 Å². The highest BCUT2D eigenvalue weighted by atomic mass is 19.1. The summed E-state index contributed by atoms with van der Waals surface area (Å²) in [7, 11) is 1.72. The maximum Gasteiger partial charge on any atom is 0.227 e. The average Bonchev–Trinajstić information content (AvgIpc) is 3.33. The molecule has 0 fully saturated rings. The second-order valence-corrected chi connectivity index (χ2v) is 8.54. The van der Waals surface area contributed by atoms with Crippen LogP contribution in [0.5, 0.6) is 0 Å². The molecule has 0 N–H and O–H groups in total. The number of carbonyl (C=O) groups excluding carboxylic acids is 1. The fourth-order valence-electron chi connectivity index (χ4n) is 4.15. The van der Waals surface area contributed by atoms with Crippen LogP contribution < -0.4 is 4.90 Å². The third kappa shape index (κ3) is 5.19. The van der Waals surface area contributed by atoms with Crippen LogP contribution in [0, 0.1) is 11.6 Å². The number of hydrogen-bond acceptors (Lipinski definition) is 4. The molecule has 5 nitrogen and oxygen atoms in total. The lowest BCUT2D eigenvalue weighted by molar-refractivity contribution is -0.118. The molecule has 0 radical (unpaired) electrons. The number of aliphatic imine (C=N–C) groups is 1. The van der Waals surface area contributed by atoms with Crippen LogP contribution in [0.1, 0.15) is 62.6 Å². The van der Waals surface area contributed by atoms with Crippen molar-refractivity contribution in [1.29, 1.82) is 0 Å². The molecule has 1 aliphatic rings. The number of unbranched alkanes of at least 4 members (excludes halogenated alkanes) is 2. The molecule has 0 saturated heterocycles. The van der Waals surface area contributed by atoms with Crippen molar-refractivity contribution in [3.63, 3.8) is 0 Å². The van der Waals surface area contributed by atoms with E-state index in [0.29, 0.717) is 36.5 Å². The van der Waals surface area contributed by atoms with E-state index in [9.17, 15) is 13.6 Å². The summed E-state index contributed by atoms with van der Waals surface area (Å²) in [5.41, 5.74) is 3.02. The van der Waals surface area contributed by atoms with Crippen LogP contribution in [0.4, 0.5) is 14.6 Å². The van der Waals surface area contributed by atoms with E-state index >= 15 is 0 Å². The average molecular weight is 463 g/mol. The molecule has 176 valence electrons. The van der Waals surface area contributed by atoms with Gasteiger partial charge < -0.3 is 0 Å². The largest absolute Gasteiger partial charge is 0.298 e. The van der Waals surface area contributed by atoms with E-state index in [4.69, 9.17) is 0 Å². The Morgan fingerprint density at radius 2 is 1.74 bits per heavy atom. The summed E-state index contributed by atoms with van der Waals surface area (Å²) in [5, 5.41) is 8.52. The van der Waals surface area contributed by atoms with Crippen LogP contribution in [0.25, 0.3) is 11.3 Å². The first-order valence-electron chi connectivity index (χ1n) is 11.7. The molecule has 3 aromatic rings. The Hall–Kier alpha value is -3.48. The van der Waals surface area contributed by atoms with Gasteiger partial charge in [0.05, 0.1) is 17.3 Å². The quantitative estimate of drug-likeness (QED) is 0.370. The van der Waals surface area contributed by atoms with Crippen LogP contribution in [0.15, 0.2) is 59.6 Å². The van der Waals surface area contributed by atoms with Crippen molar-refractivity contribution in [1.82, 2.24) is 10.2 Å². The third-order valence-corrected chi connectivity index (χ3v) is 6.17. The Morgan fingerprint density at radius 3 is 2.38 bits per heavy atom. The highest BCUT2D eigenvalue weighted by molar-refractivity contribution is 6.02. The molecule has 2 heterocycles. The highest BCUT2D eigenvalue weighted by Gasteiger charge is 2.24. The second kappa shape index (κ2) is 10.6. The van der Waals surface area contributed by atoms with Gasteiger partial charge >= 0.3 is 0 Å². The van der Waals surface area contributed by atoms with E-state index in [2.05, 4.69) is 22.1 Å². The van der Waals surface area contributed by atoms with Crippen LogP contribution in [0.2, 0.25) is 0 Å². The topological polar surface area (TPSA) is 58.5 Å². The number of carbonyl (C=O) groups is 1. The van der Waals surface area contributed by atoms with Gasteiger partial charge in [0.2, 0.25) is 5.91 Å². The van der Waals surface area contributed by atoms with Gasteiger partial charge in [0, 0.05) is 24.7 Å². The molecule has 34 heavy (non-hydrogen) atoms. The Morgan fingerprint density at radius 1 is 1.00 bits per heavy atom. The number of benzene rings is 2. The van der Waals surface area contributed by atoms with E-state index in [1.54, 1.807) is 18.0 Å². The molecule has 7 heteroatoms. The summed E-state index contributed by atoms with van der Waals surface area (Å²) in [6.07, 6.45) is 4.72. The van der Waals surface area contributed by atoms with E-state index in [0.717, 1.165) is 30.4 Å². The van der Waals surface area contributed by atoms with Gasteiger partial charge in [-0.25, -0.2) is 8.78 Å². The minimum Gasteiger partial charge on any atom is -0.298 e. The van der Waals surface area contributed by atoms with Crippen LogP contribution in [-0.4, -0.2) is 28.9 Å². The number of aromatic nitrogens is 2. The molecular formula is C27H28F2N4O. The molecule has 1 atom stereocenters. The van der Waals surface area contributed by atoms with Crippen molar-refractivity contribution < 1.29 is 13.6 Å². The van der Waals surface area contributed by atoms with Gasteiger partial charge in [-0.1, -0.05) is 50.1 Å². The first-order chi connectivity index (χ1) is 16.5. The minimum atomic E-state index is -0.579. The first kappa shape index (κ1) is 23.7. The summed E-state index contributed by atoms with van der Waals surface area (Å²) in [5.74, 6) is -0.600. The summed E-state index contributed by atoms with van der Waals surface area (Å²) in [4.78, 5) is 18.4. The molecule has 1 unspecified atom stereocenters. The molecule has 1 amide bonds. The van der Waals surface area contributed by atoms with Crippen molar-refractivity contribution in [2.45, 2.75) is 51.5 Å². The molecular weight excluding hydrogens is 434 g/mol. The fraction of sp³-hybridized carbons (Fsp3) is 0.333.